The van der Waals surface area contributed by atoms with Crippen LogP contribution in [0.5, 0.6) is 0 Å². The summed E-state index contributed by atoms with van der Waals surface area (Å²) >= 11 is 5.95. The number of aromatic nitrogens is 3. The monoisotopic (exact) mass is 397 g/mol. The number of fused-ring (bicyclic) bond motifs is 1. The van der Waals surface area contributed by atoms with Gasteiger partial charge in [0.05, 0.1) is 5.39 Å². The summed E-state index contributed by atoms with van der Waals surface area (Å²) in [6.07, 6.45) is 0. The van der Waals surface area contributed by atoms with Crippen LogP contribution in [0.15, 0.2) is 53.3 Å². The fraction of sp³-hybridized carbons (Fsp3) is 0.300. The van der Waals surface area contributed by atoms with Gasteiger partial charge in [0.2, 0.25) is 5.91 Å². The van der Waals surface area contributed by atoms with Crippen LogP contribution in [0.1, 0.15) is 13.0 Å². The van der Waals surface area contributed by atoms with Crippen LogP contribution in [-0.4, -0.2) is 52.0 Å². The molecule has 0 aliphatic carbocycles. The summed E-state index contributed by atoms with van der Waals surface area (Å²) in [6, 6.07) is 14.0. The Balaban J connectivity index is 1.47. The molecule has 144 valence electrons. The highest BCUT2D eigenvalue weighted by Gasteiger charge is 2.27. The zero-order chi connectivity index (χ0) is 19.7. The minimum Gasteiger partial charge on any atom is -0.368 e. The Morgan fingerprint density at radius 1 is 1.04 bits per heavy atom. The smallest absolute Gasteiger partial charge is 0.278 e. The van der Waals surface area contributed by atoms with Gasteiger partial charge < -0.3 is 9.80 Å². The first-order valence-corrected chi connectivity index (χ1v) is 9.56. The van der Waals surface area contributed by atoms with Crippen LogP contribution in [0.25, 0.3) is 10.9 Å². The quantitative estimate of drug-likeness (QED) is 0.678. The average Bonchev–Trinajstić information content (AvgIpc) is 2.74. The van der Waals surface area contributed by atoms with Gasteiger partial charge >= 0.3 is 0 Å². The molecule has 8 heteroatoms. The summed E-state index contributed by atoms with van der Waals surface area (Å²) in [5.74, 6) is -0.123. The third-order valence-corrected chi connectivity index (χ3v) is 5.35. The molecule has 0 N–H and O–H groups in total. The fourth-order valence-electron chi connectivity index (χ4n) is 3.46. The van der Waals surface area contributed by atoms with E-state index in [0.717, 1.165) is 18.8 Å². The number of rotatable bonds is 3. The van der Waals surface area contributed by atoms with Gasteiger partial charge in [-0.3, -0.25) is 9.59 Å². The van der Waals surface area contributed by atoms with Gasteiger partial charge in [-0.1, -0.05) is 28.9 Å². The fourth-order valence-corrected chi connectivity index (χ4v) is 3.59. The molecule has 7 nitrogen and oxygen atoms in total. The molecule has 2 heterocycles. The van der Waals surface area contributed by atoms with Gasteiger partial charge in [-0.25, -0.2) is 0 Å². The summed E-state index contributed by atoms with van der Waals surface area (Å²) in [7, 11) is 0. The van der Waals surface area contributed by atoms with Gasteiger partial charge in [0.15, 0.2) is 0 Å². The Labute approximate surface area is 167 Å². The number of anilines is 1. The van der Waals surface area contributed by atoms with E-state index in [1.807, 2.05) is 24.3 Å². The predicted octanol–water partition coefficient (Wildman–Crippen LogP) is 2.35. The molecule has 1 fully saturated rings. The average molecular weight is 398 g/mol. The predicted molar refractivity (Wildman–Crippen MR) is 109 cm³/mol. The van der Waals surface area contributed by atoms with Crippen LogP contribution in [0.3, 0.4) is 0 Å². The maximum atomic E-state index is 12.9. The maximum absolute atomic E-state index is 12.9. The van der Waals surface area contributed by atoms with E-state index in [1.165, 1.54) is 4.68 Å². The first-order valence-electron chi connectivity index (χ1n) is 9.18. The summed E-state index contributed by atoms with van der Waals surface area (Å²) < 4.78 is 1.18. The molecule has 0 bridgehead atoms. The third-order valence-electron chi connectivity index (χ3n) is 5.10. The molecular weight excluding hydrogens is 378 g/mol. The first-order chi connectivity index (χ1) is 13.5. The molecule has 3 aromatic rings. The summed E-state index contributed by atoms with van der Waals surface area (Å²) in [6.45, 7) is 4.30. The van der Waals surface area contributed by atoms with Crippen LogP contribution < -0.4 is 10.5 Å². The van der Waals surface area contributed by atoms with Crippen molar-refractivity contribution in [3.63, 3.8) is 0 Å². The van der Waals surface area contributed by atoms with E-state index in [0.29, 0.717) is 29.0 Å². The van der Waals surface area contributed by atoms with Gasteiger partial charge in [-0.15, -0.1) is 5.10 Å². The number of hydrogen-bond donors (Lipinski definition) is 0. The van der Waals surface area contributed by atoms with Crippen LogP contribution in [-0.2, 0) is 4.79 Å². The van der Waals surface area contributed by atoms with Gasteiger partial charge in [0.1, 0.15) is 11.6 Å². The number of benzene rings is 2. The number of halogens is 1. The van der Waals surface area contributed by atoms with Crippen molar-refractivity contribution in [1.29, 1.82) is 0 Å². The largest absolute Gasteiger partial charge is 0.368 e. The Morgan fingerprint density at radius 2 is 1.71 bits per heavy atom. The third kappa shape index (κ3) is 3.45. The van der Waals surface area contributed by atoms with Gasteiger partial charge in [-0.05, 0) is 43.3 Å². The molecule has 0 spiro atoms. The second kappa shape index (κ2) is 7.59. The second-order valence-corrected chi connectivity index (χ2v) is 7.26. The van der Waals surface area contributed by atoms with E-state index in [9.17, 15) is 9.59 Å². The highest BCUT2D eigenvalue weighted by Crippen LogP contribution is 2.20. The minimum atomic E-state index is -0.702. The molecule has 0 saturated carbocycles. The van der Waals surface area contributed by atoms with Crippen molar-refractivity contribution >= 4 is 34.1 Å². The lowest BCUT2D eigenvalue weighted by molar-refractivity contribution is -0.135. The second-order valence-electron chi connectivity index (χ2n) is 6.82. The Kier molecular flexibility index (Phi) is 5.00. The standard InChI is InChI=1S/C20H20ClN5O2/c1-14(26-20(28)17-4-2-3-5-18(17)22-23-26)19(27)25-12-10-24(11-13-25)16-8-6-15(21)7-9-16/h2-9,14H,10-13H2,1H3/t14-/m0/s1. The Hall–Kier alpha value is -2.93. The van der Waals surface area contributed by atoms with Crippen molar-refractivity contribution < 1.29 is 4.79 Å². The van der Waals surface area contributed by atoms with Gasteiger partial charge in [0.25, 0.3) is 5.56 Å². The van der Waals surface area contributed by atoms with Crippen molar-refractivity contribution in [2.24, 2.45) is 0 Å². The zero-order valence-electron chi connectivity index (χ0n) is 15.5. The van der Waals surface area contributed by atoms with Crippen molar-refractivity contribution in [3.05, 3.63) is 63.9 Å². The van der Waals surface area contributed by atoms with Gasteiger partial charge in [-0.2, -0.15) is 4.68 Å². The number of piperazine rings is 1. The van der Waals surface area contributed by atoms with E-state index in [4.69, 9.17) is 11.6 Å². The molecule has 1 amide bonds. The number of carbonyl (C=O) groups excluding carboxylic acids is 1. The van der Waals surface area contributed by atoms with E-state index in [1.54, 1.807) is 36.1 Å². The molecule has 4 rings (SSSR count). The molecule has 1 aliphatic heterocycles. The summed E-state index contributed by atoms with van der Waals surface area (Å²) in [5.41, 5.74) is 1.31. The summed E-state index contributed by atoms with van der Waals surface area (Å²) in [5, 5.41) is 9.21. The normalized spacial score (nSPS) is 15.6. The molecule has 28 heavy (non-hydrogen) atoms. The number of hydrogen-bond acceptors (Lipinski definition) is 5. The van der Waals surface area contributed by atoms with E-state index in [-0.39, 0.29) is 11.5 Å². The Morgan fingerprint density at radius 3 is 2.43 bits per heavy atom. The van der Waals surface area contributed by atoms with Crippen molar-refractivity contribution in [3.8, 4) is 0 Å². The first kappa shape index (κ1) is 18.4. The summed E-state index contributed by atoms with van der Waals surface area (Å²) in [4.78, 5) is 29.6. The number of carbonyl (C=O) groups is 1. The molecule has 1 saturated heterocycles. The zero-order valence-corrected chi connectivity index (χ0v) is 16.2. The molecule has 1 aromatic heterocycles. The Bertz CT molecular complexity index is 1060. The minimum absolute atomic E-state index is 0.123. The molecule has 1 aliphatic rings. The van der Waals surface area contributed by atoms with Crippen LogP contribution in [0, 0.1) is 0 Å². The highest BCUT2D eigenvalue weighted by atomic mass is 35.5. The highest BCUT2D eigenvalue weighted by molar-refractivity contribution is 6.30. The molecule has 1 atom stereocenters. The lowest BCUT2D eigenvalue weighted by atomic mass is 10.2. The van der Waals surface area contributed by atoms with E-state index >= 15 is 0 Å². The van der Waals surface area contributed by atoms with E-state index in [2.05, 4.69) is 15.2 Å². The molecule has 0 radical (unpaired) electrons. The van der Waals surface area contributed by atoms with Crippen molar-refractivity contribution in [2.75, 3.05) is 31.1 Å². The lowest BCUT2D eigenvalue weighted by Gasteiger charge is -2.37. The number of nitrogens with zero attached hydrogens (tertiary/aromatic N) is 5. The van der Waals surface area contributed by atoms with Crippen LogP contribution >= 0.6 is 11.6 Å². The maximum Gasteiger partial charge on any atom is 0.278 e. The lowest BCUT2D eigenvalue weighted by Crippen LogP contribution is -2.51. The topological polar surface area (TPSA) is 71.3 Å². The van der Waals surface area contributed by atoms with Crippen LogP contribution in [0.2, 0.25) is 5.02 Å². The van der Waals surface area contributed by atoms with E-state index < -0.39 is 6.04 Å². The number of amides is 1. The SMILES string of the molecule is C[C@@H](C(=O)N1CCN(c2ccc(Cl)cc2)CC1)n1nnc2ccccc2c1=O. The van der Waals surface area contributed by atoms with Crippen molar-refractivity contribution in [2.45, 2.75) is 13.0 Å². The van der Waals surface area contributed by atoms with Crippen LogP contribution in [0.4, 0.5) is 5.69 Å². The van der Waals surface area contributed by atoms with Crippen molar-refractivity contribution in [1.82, 2.24) is 19.9 Å². The molecule has 2 aromatic carbocycles. The molecular formula is C20H20ClN5O2. The molecule has 0 unspecified atom stereocenters. The van der Waals surface area contributed by atoms with Gasteiger partial charge in [0, 0.05) is 36.9 Å².